The summed E-state index contributed by atoms with van der Waals surface area (Å²) in [5.41, 5.74) is 4.18. The van der Waals surface area contributed by atoms with E-state index in [9.17, 15) is 9.90 Å². The lowest BCUT2D eigenvalue weighted by atomic mass is 10.1. The number of fused-ring (bicyclic) bond motifs is 2. The Kier molecular flexibility index (Phi) is 5.63. The monoisotopic (exact) mass is 408 g/mol. The van der Waals surface area contributed by atoms with E-state index in [2.05, 4.69) is 22.0 Å². The van der Waals surface area contributed by atoms with Gasteiger partial charge < -0.3 is 19.6 Å². The van der Waals surface area contributed by atoms with Gasteiger partial charge in [-0.05, 0) is 49.8 Å². The number of hydrogen-bond donors (Lipinski definition) is 2. The number of carbonyl (C=O) groups excluding carboxylic acids is 1. The molecule has 2 heterocycles. The molecule has 0 bridgehead atoms. The van der Waals surface area contributed by atoms with E-state index >= 15 is 0 Å². The number of hydrogen-bond acceptors (Lipinski definition) is 5. The number of aromatic nitrogens is 2. The summed E-state index contributed by atoms with van der Waals surface area (Å²) in [5.74, 6) is 0.615. The van der Waals surface area contributed by atoms with Crippen LogP contribution in [0.4, 0.5) is 0 Å². The van der Waals surface area contributed by atoms with Gasteiger partial charge in [-0.1, -0.05) is 19.4 Å². The Hall–Kier alpha value is -3.06. The Morgan fingerprint density at radius 3 is 2.80 bits per heavy atom. The molecule has 0 fully saturated rings. The molecular formula is C23H28N4O3. The number of nitrogens with one attached hydrogen (secondary N) is 1. The fraction of sp³-hybridized carbons (Fsp3) is 0.391. The third kappa shape index (κ3) is 3.98. The Balaban J connectivity index is 1.52. The number of phenols is 1. The molecule has 1 aliphatic heterocycles. The first kappa shape index (κ1) is 20.2. The number of carbonyl (C=O) groups is 1. The maximum Gasteiger partial charge on any atom is 0.258 e. The summed E-state index contributed by atoms with van der Waals surface area (Å²) in [6.07, 6.45) is 1.79. The van der Waals surface area contributed by atoms with Crippen LogP contribution in [-0.4, -0.2) is 58.3 Å². The van der Waals surface area contributed by atoms with Gasteiger partial charge >= 0.3 is 0 Å². The highest BCUT2D eigenvalue weighted by Crippen LogP contribution is 2.32. The van der Waals surface area contributed by atoms with Gasteiger partial charge in [-0.2, -0.15) is 5.10 Å². The van der Waals surface area contributed by atoms with Crippen molar-refractivity contribution in [2.45, 2.75) is 32.9 Å². The van der Waals surface area contributed by atoms with E-state index < -0.39 is 0 Å². The largest absolute Gasteiger partial charge is 0.507 e. The standard InChI is InChI=1S/C23H28N4O3/c1-4-5-20-18-11-19(22(28)12-21(18)25-24-20)23(29)27-13-15-6-7-17(10-16(15)14-27)30-9-8-26(2)3/h6-7,10-12,28H,4-5,8-9,13-14H2,1-3H3,(H,24,25). The Morgan fingerprint density at radius 2 is 2.03 bits per heavy atom. The molecule has 4 rings (SSSR count). The van der Waals surface area contributed by atoms with Crippen molar-refractivity contribution in [3.63, 3.8) is 0 Å². The Labute approximate surface area is 176 Å². The number of amides is 1. The van der Waals surface area contributed by atoms with E-state index in [4.69, 9.17) is 4.74 Å². The first-order valence-electron chi connectivity index (χ1n) is 10.3. The van der Waals surface area contributed by atoms with Gasteiger partial charge in [0, 0.05) is 31.1 Å². The summed E-state index contributed by atoms with van der Waals surface area (Å²) in [4.78, 5) is 17.0. The van der Waals surface area contributed by atoms with Crippen molar-refractivity contribution >= 4 is 16.8 Å². The fourth-order valence-corrected chi connectivity index (χ4v) is 3.83. The zero-order valence-electron chi connectivity index (χ0n) is 17.7. The van der Waals surface area contributed by atoms with Gasteiger partial charge in [0.05, 0.1) is 16.8 Å². The molecule has 158 valence electrons. The molecule has 0 saturated carbocycles. The number of phenolic OH excluding ortho intramolecular Hbond substituents is 1. The van der Waals surface area contributed by atoms with Crippen molar-refractivity contribution in [3.05, 3.63) is 52.7 Å². The third-order valence-corrected chi connectivity index (χ3v) is 5.47. The zero-order valence-corrected chi connectivity index (χ0v) is 17.7. The lowest BCUT2D eigenvalue weighted by Gasteiger charge is -2.16. The van der Waals surface area contributed by atoms with E-state index in [1.165, 1.54) is 0 Å². The van der Waals surface area contributed by atoms with Gasteiger partial charge in [0.15, 0.2) is 0 Å². The van der Waals surface area contributed by atoms with Crippen molar-refractivity contribution < 1.29 is 14.6 Å². The predicted molar refractivity (Wildman–Crippen MR) is 116 cm³/mol. The maximum absolute atomic E-state index is 13.2. The normalized spacial score (nSPS) is 13.3. The molecule has 1 aromatic heterocycles. The van der Waals surface area contributed by atoms with Crippen LogP contribution in [0.25, 0.3) is 10.9 Å². The lowest BCUT2D eigenvalue weighted by Crippen LogP contribution is -2.25. The number of aromatic amines is 1. The molecule has 0 radical (unpaired) electrons. The lowest BCUT2D eigenvalue weighted by molar-refractivity contribution is 0.0748. The van der Waals surface area contributed by atoms with Crippen LogP contribution < -0.4 is 4.74 Å². The summed E-state index contributed by atoms with van der Waals surface area (Å²) >= 11 is 0. The highest BCUT2D eigenvalue weighted by Gasteiger charge is 2.27. The molecule has 7 nitrogen and oxygen atoms in total. The summed E-state index contributed by atoms with van der Waals surface area (Å²) in [5, 5.41) is 18.6. The van der Waals surface area contributed by atoms with E-state index in [1.54, 1.807) is 17.0 Å². The number of nitrogens with zero attached hydrogens (tertiary/aromatic N) is 3. The van der Waals surface area contributed by atoms with Crippen molar-refractivity contribution in [2.24, 2.45) is 0 Å². The number of likely N-dealkylation sites (N-methyl/N-ethyl adjacent to an activating group) is 1. The highest BCUT2D eigenvalue weighted by molar-refractivity contribution is 6.01. The third-order valence-electron chi connectivity index (χ3n) is 5.47. The van der Waals surface area contributed by atoms with Crippen molar-refractivity contribution in [1.82, 2.24) is 20.0 Å². The zero-order chi connectivity index (χ0) is 21.3. The first-order chi connectivity index (χ1) is 14.5. The smallest absolute Gasteiger partial charge is 0.258 e. The minimum atomic E-state index is -0.177. The second-order valence-corrected chi connectivity index (χ2v) is 8.08. The van der Waals surface area contributed by atoms with Gasteiger partial charge in [0.25, 0.3) is 5.91 Å². The number of benzene rings is 2. The van der Waals surface area contributed by atoms with Gasteiger partial charge in [-0.15, -0.1) is 0 Å². The van der Waals surface area contributed by atoms with Crippen LogP contribution in [0.5, 0.6) is 11.5 Å². The topological polar surface area (TPSA) is 81.7 Å². The van der Waals surface area contributed by atoms with Gasteiger partial charge in [-0.25, -0.2) is 0 Å². The molecule has 0 spiro atoms. The molecule has 1 amide bonds. The summed E-state index contributed by atoms with van der Waals surface area (Å²) < 4.78 is 5.82. The predicted octanol–water partition coefficient (Wildman–Crippen LogP) is 3.32. The highest BCUT2D eigenvalue weighted by atomic mass is 16.5. The number of aromatic hydroxyl groups is 1. The minimum Gasteiger partial charge on any atom is -0.507 e. The van der Waals surface area contributed by atoms with Crippen molar-refractivity contribution in [3.8, 4) is 11.5 Å². The summed E-state index contributed by atoms with van der Waals surface area (Å²) in [7, 11) is 4.02. The molecular weight excluding hydrogens is 380 g/mol. The summed E-state index contributed by atoms with van der Waals surface area (Å²) in [6, 6.07) is 9.34. The van der Waals surface area contributed by atoms with Crippen LogP contribution in [0.2, 0.25) is 0 Å². The molecule has 1 aliphatic rings. The van der Waals surface area contributed by atoms with Crippen molar-refractivity contribution in [2.75, 3.05) is 27.2 Å². The van der Waals surface area contributed by atoms with Crippen LogP contribution in [0, 0.1) is 0 Å². The van der Waals surface area contributed by atoms with Crippen LogP contribution >= 0.6 is 0 Å². The molecule has 3 aromatic rings. The first-order valence-corrected chi connectivity index (χ1v) is 10.3. The summed E-state index contributed by atoms with van der Waals surface area (Å²) in [6.45, 7) is 4.58. The molecule has 0 saturated heterocycles. The SMILES string of the molecule is CCCc1n[nH]c2cc(O)c(C(=O)N3Cc4ccc(OCCN(C)C)cc4C3)cc12. The number of H-pyrrole nitrogens is 1. The second kappa shape index (κ2) is 8.36. The molecule has 2 aromatic carbocycles. The molecule has 0 atom stereocenters. The Bertz CT molecular complexity index is 1070. The average molecular weight is 409 g/mol. The van der Waals surface area contributed by atoms with E-state index in [0.717, 1.165) is 52.9 Å². The number of aryl methyl sites for hydroxylation is 1. The average Bonchev–Trinajstić information content (AvgIpc) is 3.30. The van der Waals surface area contributed by atoms with Crippen LogP contribution in [0.15, 0.2) is 30.3 Å². The van der Waals surface area contributed by atoms with E-state index in [0.29, 0.717) is 25.3 Å². The molecule has 2 N–H and O–H groups in total. The molecule has 0 unspecified atom stereocenters. The Morgan fingerprint density at radius 1 is 1.23 bits per heavy atom. The fourth-order valence-electron chi connectivity index (χ4n) is 3.83. The van der Waals surface area contributed by atoms with Crippen LogP contribution in [-0.2, 0) is 19.5 Å². The van der Waals surface area contributed by atoms with Crippen molar-refractivity contribution in [1.29, 1.82) is 0 Å². The quantitative estimate of drug-likeness (QED) is 0.627. The maximum atomic E-state index is 13.2. The van der Waals surface area contributed by atoms with E-state index in [1.807, 2.05) is 32.3 Å². The van der Waals surface area contributed by atoms with Gasteiger partial charge in [0.2, 0.25) is 0 Å². The molecule has 30 heavy (non-hydrogen) atoms. The second-order valence-electron chi connectivity index (χ2n) is 8.08. The van der Waals surface area contributed by atoms with Gasteiger partial charge in [0.1, 0.15) is 18.1 Å². The van der Waals surface area contributed by atoms with Gasteiger partial charge in [-0.3, -0.25) is 9.89 Å². The minimum absolute atomic E-state index is 0.0251. The van der Waals surface area contributed by atoms with Crippen LogP contribution in [0.3, 0.4) is 0 Å². The van der Waals surface area contributed by atoms with E-state index in [-0.39, 0.29) is 11.7 Å². The molecule has 0 aliphatic carbocycles. The molecule has 7 heteroatoms. The number of rotatable bonds is 7. The number of ether oxygens (including phenoxy) is 1. The van der Waals surface area contributed by atoms with Crippen LogP contribution in [0.1, 0.15) is 40.5 Å².